The van der Waals surface area contributed by atoms with Crippen molar-refractivity contribution in [3.05, 3.63) is 69.9 Å². The summed E-state index contributed by atoms with van der Waals surface area (Å²) in [5.74, 6) is 0.180. The molecule has 3 atom stereocenters. The van der Waals surface area contributed by atoms with Gasteiger partial charge in [0.15, 0.2) is 5.43 Å². The minimum Gasteiger partial charge on any atom is -0.472 e. The third-order valence-corrected chi connectivity index (χ3v) is 9.42. The van der Waals surface area contributed by atoms with Crippen molar-refractivity contribution in [3.63, 3.8) is 0 Å². The van der Waals surface area contributed by atoms with Crippen molar-refractivity contribution >= 4 is 20.9 Å². The van der Waals surface area contributed by atoms with E-state index >= 15 is 0 Å². The Kier molecular flexibility index (Phi) is 4.99. The third-order valence-electron chi connectivity index (χ3n) is 7.52. The molecule has 0 bridgehead atoms. The first kappa shape index (κ1) is 22.2. The monoisotopic (exact) mass is 466 g/mol. The van der Waals surface area contributed by atoms with Gasteiger partial charge in [0.25, 0.3) is 0 Å². The Hall–Kier alpha value is -2.64. The molecule has 0 spiro atoms. The highest BCUT2D eigenvalue weighted by Gasteiger charge is 2.57. The number of hydrogen-bond donors (Lipinski definition) is 0. The smallest absolute Gasteiger partial charge is 0.243 e. The highest BCUT2D eigenvalue weighted by atomic mass is 32.2. The highest BCUT2D eigenvalue weighted by Crippen LogP contribution is 2.52. The van der Waals surface area contributed by atoms with Crippen LogP contribution >= 0.6 is 0 Å². The molecule has 174 valence electrons. The van der Waals surface area contributed by atoms with Crippen LogP contribution in [0.2, 0.25) is 0 Å². The van der Waals surface area contributed by atoms with Crippen molar-refractivity contribution in [1.29, 1.82) is 0 Å². The van der Waals surface area contributed by atoms with Crippen LogP contribution in [0.5, 0.6) is 5.88 Å². The van der Waals surface area contributed by atoms with E-state index in [1.165, 1.54) is 0 Å². The van der Waals surface area contributed by atoms with Gasteiger partial charge in [-0.15, -0.1) is 0 Å². The number of aromatic nitrogens is 1. The van der Waals surface area contributed by atoms with Crippen LogP contribution in [0.1, 0.15) is 44.2 Å². The summed E-state index contributed by atoms with van der Waals surface area (Å²) in [6.45, 7) is 8.26. The Morgan fingerprint density at radius 3 is 2.42 bits per heavy atom. The van der Waals surface area contributed by atoms with E-state index in [9.17, 15) is 13.2 Å². The third kappa shape index (κ3) is 3.16. The molecule has 1 aromatic heterocycles. The van der Waals surface area contributed by atoms with E-state index < -0.39 is 15.6 Å². The number of aryl methyl sites for hydroxylation is 2. The zero-order valence-corrected chi connectivity index (χ0v) is 20.5. The fraction of sp³-hybridized carbons (Fsp3) is 0.423. The second kappa shape index (κ2) is 7.43. The predicted molar refractivity (Wildman–Crippen MR) is 129 cm³/mol. The van der Waals surface area contributed by atoms with Gasteiger partial charge in [-0.25, -0.2) is 8.42 Å². The van der Waals surface area contributed by atoms with Crippen molar-refractivity contribution in [1.82, 2.24) is 8.87 Å². The maximum absolute atomic E-state index is 13.7. The van der Waals surface area contributed by atoms with Crippen LogP contribution in [0.15, 0.2) is 58.2 Å². The molecule has 2 aromatic carbocycles. The van der Waals surface area contributed by atoms with Crippen molar-refractivity contribution in [3.8, 4) is 5.88 Å². The van der Waals surface area contributed by atoms with E-state index in [1.807, 2.05) is 75.7 Å². The molecular formula is C26H30N2O4S. The number of benzene rings is 2. The molecule has 5 rings (SSSR count). The summed E-state index contributed by atoms with van der Waals surface area (Å²) in [5, 5.41) is 0.635. The molecular weight excluding hydrogens is 436 g/mol. The van der Waals surface area contributed by atoms with Crippen LogP contribution in [0.25, 0.3) is 10.9 Å². The number of fused-ring (bicyclic) bond motifs is 4. The summed E-state index contributed by atoms with van der Waals surface area (Å²) in [6, 6.07) is 14.2. The van der Waals surface area contributed by atoms with Crippen molar-refractivity contribution in [2.24, 2.45) is 13.0 Å². The van der Waals surface area contributed by atoms with Gasteiger partial charge in [-0.2, -0.15) is 4.31 Å². The number of hydrogen-bond acceptors (Lipinski definition) is 4. The molecule has 2 aliphatic heterocycles. The van der Waals surface area contributed by atoms with Crippen molar-refractivity contribution < 1.29 is 13.2 Å². The summed E-state index contributed by atoms with van der Waals surface area (Å²) in [4.78, 5) is 14.0. The lowest BCUT2D eigenvalue weighted by Gasteiger charge is -2.42. The lowest BCUT2D eigenvalue weighted by Crippen LogP contribution is -2.47. The van der Waals surface area contributed by atoms with E-state index in [4.69, 9.17) is 4.74 Å². The molecule has 1 fully saturated rings. The predicted octanol–water partition coefficient (Wildman–Crippen LogP) is 4.20. The molecule has 0 unspecified atom stereocenters. The van der Waals surface area contributed by atoms with E-state index in [1.54, 1.807) is 16.4 Å². The van der Waals surface area contributed by atoms with E-state index in [-0.39, 0.29) is 28.2 Å². The molecule has 1 saturated heterocycles. The maximum atomic E-state index is 13.7. The molecule has 6 nitrogen and oxygen atoms in total. The fourth-order valence-electron chi connectivity index (χ4n) is 5.75. The van der Waals surface area contributed by atoms with Gasteiger partial charge in [0.1, 0.15) is 5.60 Å². The molecule has 0 saturated carbocycles. The number of sulfonamides is 1. The minimum atomic E-state index is -3.72. The molecule has 0 aliphatic carbocycles. The largest absolute Gasteiger partial charge is 0.472 e. The first-order chi connectivity index (χ1) is 15.6. The van der Waals surface area contributed by atoms with Crippen molar-refractivity contribution in [2.75, 3.05) is 6.54 Å². The van der Waals surface area contributed by atoms with Gasteiger partial charge >= 0.3 is 0 Å². The minimum absolute atomic E-state index is 0.0581. The quantitative estimate of drug-likeness (QED) is 0.580. The standard InChI is InChI=1S/C26H30N2O4S/c1-6-20-22-19(15-28(20)33(30,31)17-13-11-16(2)12-14-17)26(3,4)32-25-23(22)24(29)18-9-7-8-10-21(18)27(25)5/h7-14,19-20,22H,6,15H2,1-5H3/t19-,20-,22+/m0/s1. The molecule has 7 heteroatoms. The van der Waals surface area contributed by atoms with Gasteiger partial charge in [-0.1, -0.05) is 36.8 Å². The Morgan fingerprint density at radius 2 is 1.76 bits per heavy atom. The maximum Gasteiger partial charge on any atom is 0.243 e. The molecule has 2 aliphatic rings. The number of para-hydroxylation sites is 1. The van der Waals surface area contributed by atoms with Crippen LogP contribution in [0.3, 0.4) is 0 Å². The zero-order chi connectivity index (χ0) is 23.7. The number of rotatable bonds is 3. The van der Waals surface area contributed by atoms with Gasteiger partial charge < -0.3 is 9.30 Å². The van der Waals surface area contributed by atoms with Crippen LogP contribution in [0, 0.1) is 12.8 Å². The Balaban J connectivity index is 1.72. The SMILES string of the molecule is CC[C@H]1[C@@H]2c3c(n(C)c4ccccc4c3=O)OC(C)(C)[C@H]2CN1S(=O)(=O)c1ccc(C)cc1. The molecule has 3 heterocycles. The first-order valence-corrected chi connectivity index (χ1v) is 12.9. The first-order valence-electron chi connectivity index (χ1n) is 11.5. The molecule has 33 heavy (non-hydrogen) atoms. The van der Waals surface area contributed by atoms with Crippen LogP contribution < -0.4 is 10.2 Å². The lowest BCUT2D eigenvalue weighted by molar-refractivity contribution is 0.0148. The molecule has 0 amide bonds. The van der Waals surface area contributed by atoms with Crippen LogP contribution in [-0.4, -0.2) is 35.5 Å². The number of pyridine rings is 1. The van der Waals surface area contributed by atoms with Crippen molar-refractivity contribution in [2.45, 2.75) is 56.6 Å². The normalized spacial score (nSPS) is 24.3. The van der Waals surface area contributed by atoms with E-state index in [2.05, 4.69) is 0 Å². The Bertz CT molecular complexity index is 1410. The zero-order valence-electron chi connectivity index (χ0n) is 19.7. The second-order valence-electron chi connectivity index (χ2n) is 9.83. The van der Waals surface area contributed by atoms with Crippen LogP contribution in [0.4, 0.5) is 0 Å². The van der Waals surface area contributed by atoms with Gasteiger partial charge in [0.05, 0.1) is 16.0 Å². The topological polar surface area (TPSA) is 68.6 Å². The van der Waals surface area contributed by atoms with Gasteiger partial charge in [-0.05, 0) is 51.5 Å². The second-order valence-corrected chi connectivity index (χ2v) is 11.7. The summed E-state index contributed by atoms with van der Waals surface area (Å²) < 4.78 is 37.5. The fourth-order valence-corrected chi connectivity index (χ4v) is 7.49. The molecule has 0 radical (unpaired) electrons. The lowest BCUT2D eigenvalue weighted by atomic mass is 9.73. The van der Waals surface area contributed by atoms with Gasteiger partial charge in [0, 0.05) is 36.9 Å². The summed E-state index contributed by atoms with van der Waals surface area (Å²) in [5.41, 5.74) is 1.74. The van der Waals surface area contributed by atoms with Gasteiger partial charge in [0.2, 0.25) is 15.9 Å². The van der Waals surface area contributed by atoms with Crippen LogP contribution in [-0.2, 0) is 17.1 Å². The molecule has 0 N–H and O–H groups in total. The average Bonchev–Trinajstić information content (AvgIpc) is 3.19. The molecule has 3 aromatic rings. The van der Waals surface area contributed by atoms with E-state index in [0.717, 1.165) is 11.1 Å². The van der Waals surface area contributed by atoms with Gasteiger partial charge in [-0.3, -0.25) is 4.79 Å². The summed E-state index contributed by atoms with van der Waals surface area (Å²) >= 11 is 0. The number of ether oxygens (including phenoxy) is 1. The summed E-state index contributed by atoms with van der Waals surface area (Å²) in [7, 11) is -1.81. The highest BCUT2D eigenvalue weighted by molar-refractivity contribution is 7.89. The average molecular weight is 467 g/mol. The Morgan fingerprint density at radius 1 is 1.09 bits per heavy atom. The van der Waals surface area contributed by atoms with E-state index in [0.29, 0.717) is 29.8 Å². The summed E-state index contributed by atoms with van der Waals surface area (Å²) in [6.07, 6.45) is 0.609. The Labute approximate surface area is 194 Å². The number of nitrogens with zero attached hydrogens (tertiary/aromatic N) is 2.